The second kappa shape index (κ2) is 11.1. The summed E-state index contributed by atoms with van der Waals surface area (Å²) in [5.41, 5.74) is 12.8. The van der Waals surface area contributed by atoms with Gasteiger partial charge in [0.2, 0.25) is 0 Å². The molecule has 0 aromatic carbocycles. The first kappa shape index (κ1) is 24.4. The first-order valence-electron chi connectivity index (χ1n) is 12.2. The number of rotatable bonds is 5. The SMILES string of the molecule is C=C=C(c1cnn2ccc(C3=CCc4nc(/C(C=NC)=C/C)ccc43)cc12)N1CCOCC1.CC.[HH]. The smallest absolute Gasteiger partial charge is 0.0907 e. The molecular formula is C29H35N5O. The third kappa shape index (κ3) is 4.76. The first-order valence-corrected chi connectivity index (χ1v) is 12.2. The summed E-state index contributed by atoms with van der Waals surface area (Å²) in [6, 6.07) is 8.57. The summed E-state index contributed by atoms with van der Waals surface area (Å²) in [4.78, 5) is 11.3. The zero-order valence-corrected chi connectivity index (χ0v) is 21.1. The van der Waals surface area contributed by atoms with Gasteiger partial charge < -0.3 is 9.64 Å². The van der Waals surface area contributed by atoms with Gasteiger partial charge in [0.25, 0.3) is 0 Å². The molecule has 0 amide bonds. The van der Waals surface area contributed by atoms with Crippen molar-refractivity contribution in [3.63, 3.8) is 0 Å². The van der Waals surface area contributed by atoms with Crippen molar-refractivity contribution in [3.8, 4) is 0 Å². The van der Waals surface area contributed by atoms with Gasteiger partial charge in [0, 0.05) is 51.5 Å². The standard InChI is InChI=1S/C27H27N5O.C2H6.H2/c1-4-19(17-28-3)24-8-7-22-21(6-9-25(22)30-24)20-10-11-32-27(16-20)23(18-29-32)26(5-2)31-12-14-33-15-13-31;1-2;/h4,6-8,10-11,16-18H,2,9,12-15H2,1,3H3;1-2H3;1H/b19-4+,28-17?;;. The predicted octanol–water partition coefficient (Wildman–Crippen LogP) is 5.55. The molecule has 3 aromatic rings. The summed E-state index contributed by atoms with van der Waals surface area (Å²) >= 11 is 0. The van der Waals surface area contributed by atoms with Crippen LogP contribution in [0.3, 0.4) is 0 Å². The number of ether oxygens (including phenoxy) is 1. The lowest BCUT2D eigenvalue weighted by Crippen LogP contribution is -2.34. The molecule has 6 nitrogen and oxygen atoms in total. The predicted molar refractivity (Wildman–Crippen MR) is 147 cm³/mol. The van der Waals surface area contributed by atoms with E-state index < -0.39 is 0 Å². The van der Waals surface area contributed by atoms with Crippen LogP contribution in [0.4, 0.5) is 0 Å². The molecule has 0 bridgehead atoms. The second-order valence-corrected chi connectivity index (χ2v) is 8.07. The Kier molecular flexibility index (Phi) is 7.76. The van der Waals surface area contributed by atoms with Crippen LogP contribution in [0.25, 0.3) is 22.4 Å². The molecule has 4 heterocycles. The molecule has 2 aliphatic rings. The Hall–Kier alpha value is -3.73. The number of nitrogens with zero attached hydrogens (tertiary/aromatic N) is 5. The molecule has 0 spiro atoms. The lowest BCUT2D eigenvalue weighted by atomic mass is 10.00. The normalized spacial score (nSPS) is 15.5. The zero-order valence-electron chi connectivity index (χ0n) is 21.1. The lowest BCUT2D eigenvalue weighted by molar-refractivity contribution is 0.0640. The molecule has 1 aliphatic carbocycles. The van der Waals surface area contributed by atoms with E-state index in [0.717, 1.165) is 58.8 Å². The third-order valence-corrected chi connectivity index (χ3v) is 6.22. The summed E-state index contributed by atoms with van der Waals surface area (Å²) < 4.78 is 7.43. The molecule has 6 heteroatoms. The van der Waals surface area contributed by atoms with E-state index in [1.54, 1.807) is 7.05 Å². The van der Waals surface area contributed by atoms with Crippen molar-refractivity contribution in [3.05, 3.63) is 89.2 Å². The monoisotopic (exact) mass is 469 g/mol. The fourth-order valence-corrected chi connectivity index (χ4v) is 4.57. The van der Waals surface area contributed by atoms with Crippen LogP contribution in [0.1, 0.15) is 50.3 Å². The average Bonchev–Trinajstić information content (AvgIpc) is 3.53. The molecule has 0 radical (unpaired) electrons. The van der Waals surface area contributed by atoms with Gasteiger partial charge in [-0.15, -0.1) is 5.73 Å². The Balaban J connectivity index is 0.00000117. The molecule has 1 fully saturated rings. The maximum atomic E-state index is 5.51. The minimum absolute atomic E-state index is 0. The Morgan fingerprint density at radius 3 is 2.74 bits per heavy atom. The fraction of sp³-hybridized carbons (Fsp3) is 0.310. The summed E-state index contributed by atoms with van der Waals surface area (Å²) in [6.45, 7) is 13.1. The van der Waals surface area contributed by atoms with Gasteiger partial charge in [-0.2, -0.15) is 5.10 Å². The largest absolute Gasteiger partial charge is 0.378 e. The number of hydrogen-bond donors (Lipinski definition) is 0. The Labute approximate surface area is 209 Å². The number of hydrogen-bond acceptors (Lipinski definition) is 5. The van der Waals surface area contributed by atoms with Crippen LogP contribution in [0, 0.1) is 0 Å². The third-order valence-electron chi connectivity index (χ3n) is 6.22. The molecule has 1 aliphatic heterocycles. The molecule has 0 unspecified atom stereocenters. The maximum absolute atomic E-state index is 5.51. The van der Waals surface area contributed by atoms with E-state index in [1.165, 1.54) is 11.1 Å². The van der Waals surface area contributed by atoms with E-state index in [9.17, 15) is 0 Å². The van der Waals surface area contributed by atoms with Crippen LogP contribution in [0.2, 0.25) is 0 Å². The van der Waals surface area contributed by atoms with Crippen molar-refractivity contribution in [1.29, 1.82) is 0 Å². The van der Waals surface area contributed by atoms with Crippen molar-refractivity contribution in [2.24, 2.45) is 4.99 Å². The Morgan fingerprint density at radius 2 is 2.03 bits per heavy atom. The number of allylic oxidation sites excluding steroid dienone is 3. The van der Waals surface area contributed by atoms with Crippen molar-refractivity contribution in [2.75, 3.05) is 33.4 Å². The van der Waals surface area contributed by atoms with Gasteiger partial charge >= 0.3 is 0 Å². The molecule has 0 N–H and O–H groups in total. The number of aromatic nitrogens is 3. The topological polar surface area (TPSA) is 55.0 Å². The number of morpholine rings is 1. The summed E-state index contributed by atoms with van der Waals surface area (Å²) in [5, 5.41) is 4.57. The van der Waals surface area contributed by atoms with Gasteiger partial charge in [0.15, 0.2) is 0 Å². The number of fused-ring (bicyclic) bond motifs is 2. The average molecular weight is 470 g/mol. The van der Waals surface area contributed by atoms with Gasteiger partial charge in [-0.3, -0.25) is 9.98 Å². The highest BCUT2D eigenvalue weighted by Crippen LogP contribution is 2.34. The van der Waals surface area contributed by atoms with Crippen molar-refractivity contribution in [1.82, 2.24) is 19.5 Å². The van der Waals surface area contributed by atoms with Crippen molar-refractivity contribution >= 4 is 28.6 Å². The summed E-state index contributed by atoms with van der Waals surface area (Å²) in [6.07, 6.45) is 10.9. The lowest BCUT2D eigenvalue weighted by Gasteiger charge is -2.29. The molecule has 182 valence electrons. The molecular weight excluding hydrogens is 434 g/mol. The highest BCUT2D eigenvalue weighted by atomic mass is 16.5. The van der Waals surface area contributed by atoms with Crippen LogP contribution in [0.15, 0.2) is 66.1 Å². The number of aliphatic imine (C=N–C) groups is 1. The summed E-state index contributed by atoms with van der Waals surface area (Å²) in [7, 11) is 1.78. The molecule has 0 saturated carbocycles. The minimum atomic E-state index is 0. The maximum Gasteiger partial charge on any atom is 0.0907 e. The van der Waals surface area contributed by atoms with Crippen molar-refractivity contribution < 1.29 is 6.16 Å². The molecule has 3 aromatic heterocycles. The van der Waals surface area contributed by atoms with Crippen LogP contribution in [0.5, 0.6) is 0 Å². The first-order chi connectivity index (χ1) is 17.2. The van der Waals surface area contributed by atoms with Gasteiger partial charge in [-0.05, 0) is 36.3 Å². The summed E-state index contributed by atoms with van der Waals surface area (Å²) in [5.74, 6) is 0. The highest BCUT2D eigenvalue weighted by molar-refractivity contribution is 6.09. The molecule has 1 saturated heterocycles. The fourth-order valence-electron chi connectivity index (χ4n) is 4.57. The molecule has 35 heavy (non-hydrogen) atoms. The van der Waals surface area contributed by atoms with Crippen LogP contribution >= 0.6 is 0 Å². The number of pyridine rings is 2. The second-order valence-electron chi connectivity index (χ2n) is 8.07. The van der Waals surface area contributed by atoms with Gasteiger partial charge in [0.05, 0.1) is 47.6 Å². The molecule has 5 rings (SSSR count). The van der Waals surface area contributed by atoms with Crippen LogP contribution in [-0.2, 0) is 11.2 Å². The van der Waals surface area contributed by atoms with Crippen LogP contribution in [-0.4, -0.2) is 59.1 Å². The van der Waals surface area contributed by atoms with Crippen LogP contribution < -0.4 is 0 Å². The van der Waals surface area contributed by atoms with Gasteiger partial charge in [-0.1, -0.05) is 38.6 Å². The van der Waals surface area contributed by atoms with E-state index >= 15 is 0 Å². The van der Waals surface area contributed by atoms with Gasteiger partial charge in [0.1, 0.15) is 0 Å². The van der Waals surface area contributed by atoms with Gasteiger partial charge in [-0.25, -0.2) is 4.52 Å². The quantitative estimate of drug-likeness (QED) is 0.363. The molecule has 0 atom stereocenters. The van der Waals surface area contributed by atoms with E-state index in [-0.39, 0.29) is 1.43 Å². The minimum Gasteiger partial charge on any atom is -0.378 e. The van der Waals surface area contributed by atoms with E-state index in [1.807, 2.05) is 50.0 Å². The highest BCUT2D eigenvalue weighted by Gasteiger charge is 2.21. The van der Waals surface area contributed by atoms with Crippen molar-refractivity contribution in [2.45, 2.75) is 27.2 Å². The van der Waals surface area contributed by atoms with E-state index in [0.29, 0.717) is 13.2 Å². The van der Waals surface area contributed by atoms with E-state index in [2.05, 4.69) is 57.6 Å². The Morgan fingerprint density at radius 1 is 1.23 bits per heavy atom. The zero-order chi connectivity index (χ0) is 24.8. The van der Waals surface area contributed by atoms with E-state index in [4.69, 9.17) is 9.72 Å². The Bertz CT molecular complexity index is 1360.